The van der Waals surface area contributed by atoms with Crippen LogP contribution in [0.3, 0.4) is 0 Å². The first-order chi connectivity index (χ1) is 39.4. The molecule has 8 aromatic carbocycles. The number of amides is 2. The number of nitrogens with two attached hydrogens (primary N) is 2. The van der Waals surface area contributed by atoms with Crippen LogP contribution in [-0.2, 0) is 29.8 Å². The lowest BCUT2D eigenvalue weighted by atomic mass is 10.0. The molecule has 10 rings (SSSR count). The van der Waals surface area contributed by atoms with Crippen molar-refractivity contribution >= 4 is 101 Å². The molecule has 0 saturated heterocycles. The van der Waals surface area contributed by atoms with Crippen LogP contribution in [-0.4, -0.2) is 73.2 Å². The first kappa shape index (κ1) is 57.8. The molecule has 0 saturated carbocycles. The first-order valence-corrected chi connectivity index (χ1v) is 27.7. The summed E-state index contributed by atoms with van der Waals surface area (Å²) in [4.78, 5) is 32.9. The van der Waals surface area contributed by atoms with E-state index in [1.807, 2.05) is 121 Å². The number of nitrogens with one attached hydrogen (secondary N) is 2. The van der Waals surface area contributed by atoms with Crippen molar-refractivity contribution in [1.82, 2.24) is 0 Å². The van der Waals surface area contributed by atoms with Crippen LogP contribution in [0.15, 0.2) is 269 Å². The number of hydrogen-bond acceptors (Lipinski definition) is 14. The summed E-state index contributed by atoms with van der Waals surface area (Å²) in [6.07, 6.45) is 0. The fraction of sp³-hybridized carbons (Fsp3) is 0.0690. The predicted molar refractivity (Wildman–Crippen MR) is 318 cm³/mol. The van der Waals surface area contributed by atoms with Gasteiger partial charge in [-0.15, -0.1) is 0 Å². The van der Waals surface area contributed by atoms with Crippen LogP contribution in [0.4, 0.5) is 45.5 Å². The maximum atomic E-state index is 13.0. The molecule has 2 unspecified atom stereocenters. The van der Waals surface area contributed by atoms with E-state index in [0.717, 1.165) is 47.0 Å². The largest absolute Gasteiger partial charge is 0.369 e. The Labute approximate surface area is 472 Å². The highest BCUT2D eigenvalue weighted by Gasteiger charge is 2.36. The fourth-order valence-electron chi connectivity index (χ4n) is 7.83. The van der Waals surface area contributed by atoms with E-state index in [4.69, 9.17) is 11.5 Å². The highest BCUT2D eigenvalue weighted by Crippen LogP contribution is 2.37. The topological polar surface area (TPSA) is 324 Å². The van der Waals surface area contributed by atoms with Gasteiger partial charge in [0, 0.05) is 22.5 Å². The lowest BCUT2D eigenvalue weighted by molar-refractivity contribution is -0.118. The molecule has 2 atom stereocenters. The van der Waals surface area contributed by atoms with E-state index in [9.17, 15) is 35.5 Å². The first-order valence-electron chi connectivity index (χ1n) is 24.8. The number of hydrogen-bond donors (Lipinski definition) is 6. The Hall–Kier alpha value is -10.4. The normalized spacial score (nSPS) is 15.6. The Kier molecular flexibility index (Phi) is 18.7. The summed E-state index contributed by atoms with van der Waals surface area (Å²) in [5.74, 6) is -0.213. The summed E-state index contributed by atoms with van der Waals surface area (Å²) in [6.45, 7) is 3.16. The molecule has 22 nitrogen and oxygen atoms in total. The summed E-state index contributed by atoms with van der Waals surface area (Å²) in [5.41, 5.74) is 16.0. The van der Waals surface area contributed by atoms with Gasteiger partial charge in [0.1, 0.15) is 9.79 Å². The minimum absolute atomic E-state index is 0.0956. The van der Waals surface area contributed by atoms with Crippen molar-refractivity contribution in [3.05, 3.63) is 218 Å². The smallest absolute Gasteiger partial charge is 0.295 e. The van der Waals surface area contributed by atoms with Gasteiger partial charge in [0.2, 0.25) is 0 Å². The number of hydrazone groups is 2. The van der Waals surface area contributed by atoms with Crippen LogP contribution < -0.4 is 32.1 Å². The molecule has 0 fully saturated rings. The van der Waals surface area contributed by atoms with Gasteiger partial charge in [0.15, 0.2) is 24.0 Å². The molecule has 0 aromatic heterocycles. The standard InChI is InChI=1S/C32H26N8O8S2.2C13H13N3/c1-19-29(31(41)39(37-19)23-9-5-3-6-10-23)35-33-21-13-15-25(27(17-21)49(43,44)45)26-16-14-22(18-28(26)50(46,47)48)34-36-30-20(2)38-40(32(30)42)24-11-7-4-8-12-24;2*14-13(15-11-7-3-1-4-8-11)16-12-9-5-2-6-10-12/h3-18,29-30H,1-2H3,(H,43,44,45)(H,46,47,48);2*1-10H,(H3,14,15,16). The molecule has 2 heterocycles. The van der Waals surface area contributed by atoms with E-state index in [0.29, 0.717) is 34.7 Å². The number of rotatable bonds is 13. The van der Waals surface area contributed by atoms with Crippen molar-refractivity contribution in [2.24, 2.45) is 52.1 Å². The Morgan fingerprint density at radius 1 is 0.451 bits per heavy atom. The van der Waals surface area contributed by atoms with E-state index in [1.165, 1.54) is 22.2 Å². The summed E-state index contributed by atoms with van der Waals surface area (Å²) < 4.78 is 70.3. The van der Waals surface area contributed by atoms with Crippen LogP contribution in [0.5, 0.6) is 0 Å². The van der Waals surface area contributed by atoms with E-state index in [1.54, 1.807) is 74.5 Å². The highest BCUT2D eigenvalue weighted by molar-refractivity contribution is 7.86. The molecule has 82 heavy (non-hydrogen) atoms. The second-order valence-electron chi connectivity index (χ2n) is 17.6. The third-order valence-corrected chi connectivity index (χ3v) is 13.4. The molecular weight excluding hydrogens is 1080 g/mol. The molecular formula is C58H52N14O8S2. The van der Waals surface area contributed by atoms with Crippen molar-refractivity contribution in [2.45, 2.75) is 35.7 Å². The zero-order valence-corrected chi connectivity index (χ0v) is 45.4. The van der Waals surface area contributed by atoms with Crippen LogP contribution in [0.25, 0.3) is 11.1 Å². The van der Waals surface area contributed by atoms with Gasteiger partial charge in [0.05, 0.1) is 45.5 Å². The number of carbonyl (C=O) groups excluding carboxylic acids is 2. The highest BCUT2D eigenvalue weighted by atomic mass is 32.2. The Bertz CT molecular complexity index is 3710. The average molecular weight is 1140 g/mol. The molecule has 2 amide bonds. The molecule has 0 spiro atoms. The second kappa shape index (κ2) is 26.5. The van der Waals surface area contributed by atoms with Crippen molar-refractivity contribution in [3.63, 3.8) is 0 Å². The maximum Gasteiger partial charge on any atom is 0.295 e. The molecule has 0 bridgehead atoms. The van der Waals surface area contributed by atoms with Crippen molar-refractivity contribution in [2.75, 3.05) is 20.7 Å². The summed E-state index contributed by atoms with van der Waals surface area (Å²) in [5, 5.41) is 32.9. The second-order valence-corrected chi connectivity index (χ2v) is 20.4. The lowest BCUT2D eigenvalue weighted by Crippen LogP contribution is -2.29. The molecule has 2 aliphatic heterocycles. The van der Waals surface area contributed by atoms with Gasteiger partial charge >= 0.3 is 0 Å². The predicted octanol–water partition coefficient (Wildman–Crippen LogP) is 11.1. The van der Waals surface area contributed by atoms with E-state index < -0.39 is 53.9 Å². The van der Waals surface area contributed by atoms with Gasteiger partial charge in [-0.25, -0.2) is 9.98 Å². The fourth-order valence-corrected chi connectivity index (χ4v) is 9.28. The van der Waals surface area contributed by atoms with Gasteiger partial charge in [-0.2, -0.15) is 57.5 Å². The quantitative estimate of drug-likeness (QED) is 0.0272. The number of carbonyl (C=O) groups is 2. The van der Waals surface area contributed by atoms with E-state index in [2.05, 4.69) is 51.3 Å². The number of guanidine groups is 2. The number of nitrogens with zero attached hydrogens (tertiary/aromatic N) is 10. The minimum atomic E-state index is -5.02. The average Bonchev–Trinajstić information content (AvgIpc) is 4.08. The molecule has 2 aliphatic rings. The summed E-state index contributed by atoms with van der Waals surface area (Å²) in [7, 11) is -10.0. The van der Waals surface area contributed by atoms with Crippen LogP contribution in [0, 0.1) is 0 Å². The molecule has 0 radical (unpaired) electrons. The maximum absolute atomic E-state index is 13.0. The van der Waals surface area contributed by atoms with E-state index in [-0.39, 0.29) is 22.5 Å². The van der Waals surface area contributed by atoms with Gasteiger partial charge in [-0.3, -0.25) is 18.7 Å². The zero-order chi connectivity index (χ0) is 58.2. The molecule has 0 aliphatic carbocycles. The Morgan fingerprint density at radius 3 is 1.07 bits per heavy atom. The van der Waals surface area contributed by atoms with Crippen LogP contribution in [0.1, 0.15) is 13.8 Å². The number of benzene rings is 8. The number of anilines is 4. The Balaban J connectivity index is 0.000000221. The van der Waals surface area contributed by atoms with Gasteiger partial charge < -0.3 is 22.1 Å². The van der Waals surface area contributed by atoms with Gasteiger partial charge in [0.25, 0.3) is 32.1 Å². The van der Waals surface area contributed by atoms with Gasteiger partial charge in [-0.1, -0.05) is 121 Å². The lowest BCUT2D eigenvalue weighted by Gasteiger charge is -2.13. The van der Waals surface area contributed by atoms with Crippen molar-refractivity contribution in [3.8, 4) is 11.1 Å². The zero-order valence-electron chi connectivity index (χ0n) is 43.7. The SMILES string of the molecule is CC1=NN(c2ccccc2)C(=O)C1N=Nc1ccc(-c2ccc(N=NC3C(=O)N(c4ccccc4)N=C3C)cc2S(=O)(=O)O)c(S(=O)(=O)O)c1.NC(=Nc1ccccc1)Nc1ccccc1.NC(=Nc1ccccc1)Nc1ccccc1. The summed E-state index contributed by atoms with van der Waals surface area (Å²) >= 11 is 0. The van der Waals surface area contributed by atoms with E-state index >= 15 is 0 Å². The minimum Gasteiger partial charge on any atom is -0.369 e. The summed E-state index contributed by atoms with van der Waals surface area (Å²) in [6, 6.07) is 60.4. The number of azo groups is 2. The monoisotopic (exact) mass is 1140 g/mol. The number of aliphatic imine (C=N–C) groups is 2. The van der Waals surface area contributed by atoms with Crippen molar-refractivity contribution in [1.29, 1.82) is 0 Å². The third kappa shape index (κ3) is 15.5. The van der Waals surface area contributed by atoms with Crippen LogP contribution >= 0.6 is 0 Å². The molecule has 24 heteroatoms. The Morgan fingerprint density at radius 2 is 0.756 bits per heavy atom. The van der Waals surface area contributed by atoms with Gasteiger partial charge in [-0.05, 0) is 111 Å². The molecule has 8 N–H and O–H groups in total. The third-order valence-electron chi connectivity index (χ3n) is 11.7. The molecule has 414 valence electrons. The molecule has 8 aromatic rings. The number of para-hydroxylation sites is 6. The van der Waals surface area contributed by atoms with Crippen molar-refractivity contribution < 1.29 is 35.5 Å². The van der Waals surface area contributed by atoms with Crippen LogP contribution in [0.2, 0.25) is 0 Å².